The van der Waals surface area contributed by atoms with Crippen LogP contribution in [-0.2, 0) is 9.53 Å². The predicted octanol–water partition coefficient (Wildman–Crippen LogP) is 5.59. The SMILES string of the molecule is CCOC(=O)C=C(C)/C=C/C=C(C)C=Cc1c(C)sc(C(C)=O)c1C. The fraction of sp³-hybridized carbons (Fsp3) is 0.333. The van der Waals surface area contributed by atoms with Crippen LogP contribution in [-0.4, -0.2) is 18.4 Å². The number of Topliss-reactive ketones (excluding diaryl/α,β-unsaturated/α-hetero) is 1. The van der Waals surface area contributed by atoms with Crippen molar-refractivity contribution in [3.8, 4) is 0 Å². The minimum absolute atomic E-state index is 0.115. The van der Waals surface area contributed by atoms with Gasteiger partial charge in [-0.15, -0.1) is 11.3 Å². The molecule has 1 aromatic rings. The fourth-order valence-electron chi connectivity index (χ4n) is 2.29. The van der Waals surface area contributed by atoms with E-state index in [2.05, 4.69) is 6.08 Å². The lowest BCUT2D eigenvalue weighted by Gasteiger charge is -1.97. The lowest BCUT2D eigenvalue weighted by atomic mass is 10.1. The van der Waals surface area contributed by atoms with Crippen LogP contribution < -0.4 is 0 Å². The second-order valence-electron chi connectivity index (χ2n) is 5.83. The van der Waals surface area contributed by atoms with Gasteiger partial charge in [-0.1, -0.05) is 36.0 Å². The van der Waals surface area contributed by atoms with Crippen LogP contribution in [0.1, 0.15) is 53.4 Å². The number of carbonyl (C=O) groups is 2. The van der Waals surface area contributed by atoms with Gasteiger partial charge in [-0.2, -0.15) is 0 Å². The molecule has 0 aliphatic rings. The van der Waals surface area contributed by atoms with E-state index < -0.39 is 0 Å². The van der Waals surface area contributed by atoms with E-state index >= 15 is 0 Å². The molecule has 0 aliphatic heterocycles. The molecule has 0 saturated heterocycles. The molecule has 25 heavy (non-hydrogen) atoms. The quantitative estimate of drug-likeness (QED) is 0.276. The number of hydrogen-bond acceptors (Lipinski definition) is 4. The highest BCUT2D eigenvalue weighted by Crippen LogP contribution is 2.29. The number of esters is 1. The molecule has 0 unspecified atom stereocenters. The molecule has 0 radical (unpaired) electrons. The normalized spacial score (nSPS) is 13.0. The first-order valence-electron chi connectivity index (χ1n) is 8.25. The molecule has 0 aliphatic carbocycles. The van der Waals surface area contributed by atoms with Crippen molar-refractivity contribution in [2.45, 2.75) is 41.5 Å². The van der Waals surface area contributed by atoms with Crippen molar-refractivity contribution in [3.63, 3.8) is 0 Å². The lowest BCUT2D eigenvalue weighted by molar-refractivity contribution is -0.137. The number of ketones is 1. The summed E-state index contributed by atoms with van der Waals surface area (Å²) in [5.41, 5.74) is 4.07. The topological polar surface area (TPSA) is 43.4 Å². The van der Waals surface area contributed by atoms with E-state index in [0.717, 1.165) is 32.0 Å². The molecule has 1 rings (SSSR count). The van der Waals surface area contributed by atoms with E-state index in [-0.39, 0.29) is 11.8 Å². The molecule has 0 N–H and O–H groups in total. The summed E-state index contributed by atoms with van der Waals surface area (Å²) in [6.07, 6.45) is 11.3. The zero-order chi connectivity index (χ0) is 19.0. The first-order chi connectivity index (χ1) is 11.8. The first kappa shape index (κ1) is 20.8. The molecule has 3 nitrogen and oxygen atoms in total. The highest BCUT2D eigenvalue weighted by molar-refractivity contribution is 7.14. The number of allylic oxidation sites excluding steroid dienone is 6. The summed E-state index contributed by atoms with van der Waals surface area (Å²) in [4.78, 5) is 24.9. The van der Waals surface area contributed by atoms with Crippen molar-refractivity contribution in [3.05, 3.63) is 62.4 Å². The van der Waals surface area contributed by atoms with Gasteiger partial charge in [0.1, 0.15) is 0 Å². The third-order valence-corrected chi connectivity index (χ3v) is 4.89. The predicted molar refractivity (Wildman–Crippen MR) is 106 cm³/mol. The van der Waals surface area contributed by atoms with E-state index in [1.54, 1.807) is 25.2 Å². The van der Waals surface area contributed by atoms with Gasteiger partial charge >= 0.3 is 5.97 Å². The third kappa shape index (κ3) is 6.67. The van der Waals surface area contributed by atoms with Gasteiger partial charge < -0.3 is 4.74 Å². The Bertz CT molecular complexity index is 758. The Labute approximate surface area is 154 Å². The van der Waals surface area contributed by atoms with E-state index in [1.807, 2.05) is 52.0 Å². The maximum absolute atomic E-state index is 11.6. The Morgan fingerprint density at radius 3 is 2.32 bits per heavy atom. The van der Waals surface area contributed by atoms with Crippen LogP contribution >= 0.6 is 11.3 Å². The van der Waals surface area contributed by atoms with E-state index in [0.29, 0.717) is 6.61 Å². The van der Waals surface area contributed by atoms with E-state index in [4.69, 9.17) is 4.74 Å². The highest BCUT2D eigenvalue weighted by atomic mass is 32.1. The summed E-state index contributed by atoms with van der Waals surface area (Å²) in [6, 6.07) is 0. The minimum Gasteiger partial charge on any atom is -0.463 e. The molecule has 0 saturated carbocycles. The molecular formula is C21H26O3S. The van der Waals surface area contributed by atoms with Gasteiger partial charge in [0.05, 0.1) is 11.5 Å². The van der Waals surface area contributed by atoms with Gasteiger partial charge in [-0.05, 0) is 58.2 Å². The molecule has 0 atom stereocenters. The molecule has 134 valence electrons. The molecule has 1 heterocycles. The average molecular weight is 359 g/mol. The van der Waals surface area contributed by atoms with Crippen molar-refractivity contribution >= 4 is 29.2 Å². The molecular weight excluding hydrogens is 332 g/mol. The van der Waals surface area contributed by atoms with Gasteiger partial charge in [0.15, 0.2) is 5.78 Å². The van der Waals surface area contributed by atoms with Crippen LogP contribution in [0.4, 0.5) is 0 Å². The number of thiophene rings is 1. The summed E-state index contributed by atoms with van der Waals surface area (Å²) in [5.74, 6) is -0.209. The molecule has 4 heteroatoms. The highest BCUT2D eigenvalue weighted by Gasteiger charge is 2.12. The van der Waals surface area contributed by atoms with E-state index in [9.17, 15) is 9.59 Å². The summed E-state index contributed by atoms with van der Waals surface area (Å²) in [6.45, 7) is 11.7. The molecule has 0 aromatic carbocycles. The molecule has 0 fully saturated rings. The molecule has 0 amide bonds. The molecule has 0 bridgehead atoms. The van der Waals surface area contributed by atoms with Gasteiger partial charge in [0.2, 0.25) is 0 Å². The van der Waals surface area contributed by atoms with Gasteiger partial charge in [-0.25, -0.2) is 4.79 Å². The maximum Gasteiger partial charge on any atom is 0.330 e. The van der Waals surface area contributed by atoms with Gasteiger partial charge in [0, 0.05) is 11.0 Å². The largest absolute Gasteiger partial charge is 0.463 e. The standard InChI is InChI=1S/C21H26O3S/c1-7-24-20(23)13-15(3)10-8-9-14(2)11-12-19-16(4)21(17(5)22)25-18(19)6/h8-13H,7H2,1-6H3/b10-8+,12-11?,14-9?,15-13?. The number of hydrogen-bond donors (Lipinski definition) is 0. The van der Waals surface area contributed by atoms with Gasteiger partial charge in [-0.3, -0.25) is 4.79 Å². The van der Waals surface area contributed by atoms with E-state index in [1.165, 1.54) is 6.08 Å². The maximum atomic E-state index is 11.6. The van der Waals surface area contributed by atoms with Crippen molar-refractivity contribution in [1.29, 1.82) is 0 Å². The van der Waals surface area contributed by atoms with Crippen LogP contribution in [0.5, 0.6) is 0 Å². The smallest absolute Gasteiger partial charge is 0.330 e. The molecule has 0 spiro atoms. The van der Waals surface area contributed by atoms with Crippen LogP contribution in [0.15, 0.2) is 41.5 Å². The van der Waals surface area contributed by atoms with Crippen LogP contribution in [0.25, 0.3) is 6.08 Å². The minimum atomic E-state index is -0.324. The lowest BCUT2D eigenvalue weighted by Crippen LogP contribution is -1.99. The summed E-state index contributed by atoms with van der Waals surface area (Å²) < 4.78 is 4.87. The Morgan fingerprint density at radius 2 is 1.76 bits per heavy atom. The summed E-state index contributed by atoms with van der Waals surface area (Å²) >= 11 is 1.55. The van der Waals surface area contributed by atoms with Crippen LogP contribution in [0.2, 0.25) is 0 Å². The van der Waals surface area contributed by atoms with Crippen LogP contribution in [0.3, 0.4) is 0 Å². The number of ether oxygens (including phenoxy) is 1. The van der Waals surface area contributed by atoms with Crippen molar-refractivity contribution in [1.82, 2.24) is 0 Å². The van der Waals surface area contributed by atoms with Crippen molar-refractivity contribution in [2.24, 2.45) is 0 Å². The fourth-order valence-corrected chi connectivity index (χ4v) is 3.33. The van der Waals surface area contributed by atoms with Crippen molar-refractivity contribution < 1.29 is 14.3 Å². The second-order valence-corrected chi connectivity index (χ2v) is 7.05. The van der Waals surface area contributed by atoms with Crippen LogP contribution in [0, 0.1) is 13.8 Å². The number of rotatable bonds is 7. The molecule has 1 aromatic heterocycles. The summed E-state index contributed by atoms with van der Waals surface area (Å²) in [7, 11) is 0. The Morgan fingerprint density at radius 1 is 1.08 bits per heavy atom. The van der Waals surface area contributed by atoms with Gasteiger partial charge in [0.25, 0.3) is 0 Å². The number of aryl methyl sites for hydroxylation is 1. The third-order valence-electron chi connectivity index (χ3n) is 3.56. The number of carbonyl (C=O) groups excluding carboxylic acids is 2. The average Bonchev–Trinajstić information content (AvgIpc) is 2.80. The Balaban J connectivity index is 2.82. The Hall–Kier alpha value is -2.20. The monoisotopic (exact) mass is 358 g/mol. The second kappa shape index (κ2) is 9.94. The first-order valence-corrected chi connectivity index (χ1v) is 9.06. The van der Waals surface area contributed by atoms with Crippen molar-refractivity contribution in [2.75, 3.05) is 6.61 Å². The Kier molecular flexibility index (Phi) is 8.29. The summed E-state index contributed by atoms with van der Waals surface area (Å²) in [5, 5.41) is 0. The zero-order valence-electron chi connectivity index (χ0n) is 15.8. The zero-order valence-corrected chi connectivity index (χ0v) is 16.6.